The van der Waals surface area contributed by atoms with Crippen LogP contribution < -0.4 is 22.0 Å². The quantitative estimate of drug-likeness (QED) is 0.185. The highest BCUT2D eigenvalue weighted by molar-refractivity contribution is 7.91. The summed E-state index contributed by atoms with van der Waals surface area (Å²) in [6.07, 6.45) is 4.17. The first-order valence-electron chi connectivity index (χ1n) is 18.3. The standard InChI is InChI=1S/C38H60N3O6S.ClH/c1-5-7-15-38(16-8-6-2)30-48(43,44)35-14-11-32(39(3)4)29-34(35)36(37(38)42)31-9-12-33(13-10-31)47-28-27-46-26-25-45-24-23-41-20-17-40(18-21-41)19-22-41;/h9-14,29,36-37,42H,5-8,15-28,30H2,1-4H3;1H/q+1;/p-1/t36-,37-;/m1./s1. The van der Waals surface area contributed by atoms with Crippen LogP contribution >= 0.6 is 0 Å². The molecule has 6 rings (SSSR count). The number of quaternary nitrogens is 1. The molecule has 4 heterocycles. The summed E-state index contributed by atoms with van der Waals surface area (Å²) >= 11 is 0. The minimum Gasteiger partial charge on any atom is -1.00 e. The maximum atomic E-state index is 14.1. The maximum Gasteiger partial charge on any atom is 0.179 e. The van der Waals surface area contributed by atoms with Crippen LogP contribution in [0.15, 0.2) is 47.4 Å². The van der Waals surface area contributed by atoms with Crippen LogP contribution in [0.25, 0.3) is 0 Å². The van der Waals surface area contributed by atoms with Gasteiger partial charge in [-0.05, 0) is 54.3 Å². The Hall–Kier alpha value is -1.92. The molecule has 2 aromatic carbocycles. The third-order valence-corrected chi connectivity index (χ3v) is 13.1. The van der Waals surface area contributed by atoms with E-state index < -0.39 is 27.3 Å². The molecule has 49 heavy (non-hydrogen) atoms. The van der Waals surface area contributed by atoms with Crippen LogP contribution in [-0.2, 0) is 19.3 Å². The first-order chi connectivity index (χ1) is 23.1. The van der Waals surface area contributed by atoms with Gasteiger partial charge in [0.2, 0.25) is 0 Å². The van der Waals surface area contributed by atoms with Gasteiger partial charge in [0, 0.05) is 50.7 Å². The summed E-state index contributed by atoms with van der Waals surface area (Å²) in [5.41, 5.74) is 1.76. The van der Waals surface area contributed by atoms with E-state index in [9.17, 15) is 13.5 Å². The number of piperazine rings is 3. The Bertz CT molecular complexity index is 1390. The van der Waals surface area contributed by atoms with Gasteiger partial charge in [-0.25, -0.2) is 8.42 Å². The molecule has 4 aliphatic heterocycles. The van der Waals surface area contributed by atoms with Gasteiger partial charge in [0.15, 0.2) is 9.84 Å². The molecule has 2 aromatic rings. The van der Waals surface area contributed by atoms with Crippen molar-refractivity contribution in [3.05, 3.63) is 53.6 Å². The Morgan fingerprint density at radius 2 is 1.47 bits per heavy atom. The SMILES string of the molecule is CCCCC1(CCCC)CS(=O)(=O)c2ccc(N(C)C)cc2[C@@H](c2ccc(OCCOCCOCC[N+]34CCN(CC3)CC4)cc2)[C@H]1O.[Cl-]. The summed E-state index contributed by atoms with van der Waals surface area (Å²) in [6, 6.07) is 13.4. The van der Waals surface area contributed by atoms with E-state index in [1.807, 2.05) is 55.4 Å². The fourth-order valence-corrected chi connectivity index (χ4v) is 10.2. The van der Waals surface area contributed by atoms with Gasteiger partial charge in [-0.1, -0.05) is 51.7 Å². The number of hydrogen-bond acceptors (Lipinski definition) is 8. The molecule has 0 saturated carbocycles. The Morgan fingerprint density at radius 3 is 2.06 bits per heavy atom. The summed E-state index contributed by atoms with van der Waals surface area (Å²) in [4.78, 5) is 4.88. The first-order valence-corrected chi connectivity index (χ1v) is 19.9. The van der Waals surface area contributed by atoms with E-state index in [0.717, 1.165) is 55.8 Å². The number of halogens is 1. The third-order valence-electron chi connectivity index (χ3n) is 11.1. The van der Waals surface area contributed by atoms with Gasteiger partial charge in [0.25, 0.3) is 0 Å². The van der Waals surface area contributed by atoms with E-state index >= 15 is 0 Å². The summed E-state index contributed by atoms with van der Waals surface area (Å²) in [6.45, 7) is 15.6. The van der Waals surface area contributed by atoms with E-state index in [-0.39, 0.29) is 18.2 Å². The van der Waals surface area contributed by atoms with Gasteiger partial charge in [-0.2, -0.15) is 0 Å². The van der Waals surface area contributed by atoms with Gasteiger partial charge in [-0.15, -0.1) is 0 Å². The van der Waals surface area contributed by atoms with E-state index in [2.05, 4.69) is 18.7 Å². The topological polar surface area (TPSA) is 88.5 Å². The number of aliphatic hydroxyl groups excluding tert-OH is 1. The molecule has 11 heteroatoms. The fraction of sp³-hybridized carbons (Fsp3) is 0.684. The largest absolute Gasteiger partial charge is 1.00 e. The predicted molar refractivity (Wildman–Crippen MR) is 192 cm³/mol. The molecule has 0 amide bonds. The molecule has 2 bridgehead atoms. The lowest BCUT2D eigenvalue weighted by molar-refractivity contribution is -0.941. The highest BCUT2D eigenvalue weighted by atomic mass is 35.5. The van der Waals surface area contributed by atoms with Crippen LogP contribution in [0.5, 0.6) is 5.75 Å². The first kappa shape index (κ1) is 39.9. The molecule has 3 saturated heterocycles. The lowest BCUT2D eigenvalue weighted by atomic mass is 9.68. The van der Waals surface area contributed by atoms with Crippen molar-refractivity contribution in [2.24, 2.45) is 5.41 Å². The number of aliphatic hydroxyl groups is 1. The Balaban J connectivity index is 0.00000541. The molecule has 2 atom stereocenters. The van der Waals surface area contributed by atoms with Crippen molar-refractivity contribution in [1.82, 2.24) is 4.90 Å². The molecule has 276 valence electrons. The molecule has 1 N–H and O–H groups in total. The molecule has 0 spiro atoms. The predicted octanol–water partition coefficient (Wildman–Crippen LogP) is 1.96. The lowest BCUT2D eigenvalue weighted by Crippen LogP contribution is -3.00. The molecule has 0 aromatic heterocycles. The molecular weight excluding hydrogens is 662 g/mol. The monoisotopic (exact) mass is 721 g/mol. The maximum absolute atomic E-state index is 14.1. The van der Waals surface area contributed by atoms with Crippen LogP contribution in [-0.4, -0.2) is 128 Å². The molecule has 0 unspecified atom stereocenters. The number of unbranched alkanes of at least 4 members (excludes halogenated alkanes) is 2. The van der Waals surface area contributed by atoms with Crippen molar-refractivity contribution in [1.29, 1.82) is 0 Å². The number of rotatable bonds is 18. The average molecular weight is 722 g/mol. The van der Waals surface area contributed by atoms with Gasteiger partial charge in [0.05, 0.1) is 62.8 Å². The van der Waals surface area contributed by atoms with Crippen molar-refractivity contribution >= 4 is 15.5 Å². The molecule has 0 aliphatic carbocycles. The highest BCUT2D eigenvalue weighted by Gasteiger charge is 2.49. The summed E-state index contributed by atoms with van der Waals surface area (Å²) in [5, 5.41) is 12.4. The number of sulfone groups is 1. The van der Waals surface area contributed by atoms with E-state index in [1.165, 1.54) is 43.8 Å². The molecular formula is C38H60ClN3O6S. The van der Waals surface area contributed by atoms with Crippen molar-refractivity contribution in [2.75, 3.05) is 104 Å². The number of anilines is 1. The zero-order valence-electron chi connectivity index (χ0n) is 30.2. The Kier molecular flexibility index (Phi) is 14.7. The molecule has 4 aliphatic rings. The zero-order valence-corrected chi connectivity index (χ0v) is 31.8. The van der Waals surface area contributed by atoms with Crippen LogP contribution in [0.3, 0.4) is 0 Å². The Labute approximate surface area is 301 Å². The van der Waals surface area contributed by atoms with Gasteiger partial charge in [0.1, 0.15) is 18.9 Å². The van der Waals surface area contributed by atoms with Crippen molar-refractivity contribution in [3.63, 3.8) is 0 Å². The second kappa shape index (κ2) is 18.0. The summed E-state index contributed by atoms with van der Waals surface area (Å²) < 4.78 is 47.0. The van der Waals surface area contributed by atoms with Crippen LogP contribution in [0.2, 0.25) is 0 Å². The lowest BCUT2D eigenvalue weighted by Gasteiger charge is -2.50. The van der Waals surface area contributed by atoms with Gasteiger partial charge in [-0.3, -0.25) is 4.90 Å². The second-order valence-electron chi connectivity index (χ2n) is 14.6. The zero-order chi connectivity index (χ0) is 34.2. The van der Waals surface area contributed by atoms with Gasteiger partial charge >= 0.3 is 0 Å². The minimum atomic E-state index is -3.63. The average Bonchev–Trinajstić information content (AvgIpc) is 3.16. The van der Waals surface area contributed by atoms with E-state index in [4.69, 9.17) is 14.2 Å². The second-order valence-corrected chi connectivity index (χ2v) is 16.5. The number of hydrogen-bond donors (Lipinski definition) is 1. The van der Waals surface area contributed by atoms with Crippen molar-refractivity contribution in [2.45, 2.75) is 69.3 Å². The Morgan fingerprint density at radius 1 is 0.878 bits per heavy atom. The molecule has 0 radical (unpaired) electrons. The van der Waals surface area contributed by atoms with Crippen LogP contribution in [0.4, 0.5) is 5.69 Å². The third kappa shape index (κ3) is 9.70. The van der Waals surface area contributed by atoms with Crippen LogP contribution in [0.1, 0.15) is 69.4 Å². The van der Waals surface area contributed by atoms with Crippen molar-refractivity contribution < 1.29 is 44.6 Å². The normalized spacial score (nSPS) is 25.2. The van der Waals surface area contributed by atoms with E-state index in [1.54, 1.807) is 6.07 Å². The van der Waals surface area contributed by atoms with Crippen LogP contribution in [0, 0.1) is 5.41 Å². The molecule has 9 nitrogen and oxygen atoms in total. The number of ether oxygens (including phenoxy) is 3. The number of nitrogens with zero attached hydrogens (tertiary/aromatic N) is 3. The molecule has 3 fully saturated rings. The highest BCUT2D eigenvalue weighted by Crippen LogP contribution is 2.50. The minimum absolute atomic E-state index is 0. The fourth-order valence-electron chi connectivity index (χ4n) is 8.03. The smallest absolute Gasteiger partial charge is 0.179 e. The van der Waals surface area contributed by atoms with E-state index in [0.29, 0.717) is 49.7 Å². The van der Waals surface area contributed by atoms with Crippen molar-refractivity contribution in [3.8, 4) is 5.75 Å². The summed E-state index contributed by atoms with van der Waals surface area (Å²) in [5.74, 6) is 0.208. The van der Waals surface area contributed by atoms with Gasteiger partial charge < -0.3 is 41.1 Å². The number of fused-ring (bicyclic) bond motifs is 4. The summed E-state index contributed by atoms with van der Waals surface area (Å²) in [7, 11) is 0.270. The number of benzene rings is 2.